The Kier molecular flexibility index (Phi) is 4.72. The maximum atomic E-state index is 11.0. The minimum Gasteiger partial charge on any atom is -0.384 e. The van der Waals surface area contributed by atoms with Crippen molar-refractivity contribution in [1.82, 2.24) is 9.78 Å². The minimum absolute atomic E-state index is 0.699. The first kappa shape index (κ1) is 15.0. The van der Waals surface area contributed by atoms with E-state index in [0.29, 0.717) is 5.92 Å². The molecule has 0 unspecified atom stereocenters. The zero-order valence-electron chi connectivity index (χ0n) is 12.2. The van der Waals surface area contributed by atoms with E-state index >= 15 is 0 Å². The molecular weight excluding hydrogens is 304 g/mol. The highest BCUT2D eigenvalue weighted by atomic mass is 79.9. The fourth-order valence-electron chi connectivity index (χ4n) is 3.23. The van der Waals surface area contributed by atoms with Gasteiger partial charge in [0.2, 0.25) is 0 Å². The van der Waals surface area contributed by atoms with E-state index in [4.69, 9.17) is 0 Å². The van der Waals surface area contributed by atoms with E-state index in [0.717, 1.165) is 54.7 Å². The van der Waals surface area contributed by atoms with Crippen molar-refractivity contribution in [2.75, 3.05) is 0 Å². The number of hydrogen-bond donors (Lipinski definition) is 1. The lowest BCUT2D eigenvalue weighted by Gasteiger charge is -2.38. The molecule has 0 aliphatic heterocycles. The maximum Gasteiger partial charge on any atom is 0.107 e. The number of aliphatic hydroxyl groups is 1. The van der Waals surface area contributed by atoms with Crippen molar-refractivity contribution in [3.05, 3.63) is 16.4 Å². The van der Waals surface area contributed by atoms with Crippen molar-refractivity contribution >= 4 is 15.9 Å². The molecule has 1 aromatic heterocycles. The Hall–Kier alpha value is -0.350. The lowest BCUT2D eigenvalue weighted by molar-refractivity contribution is -0.0278. The molecular formula is C15H25BrN2O. The van der Waals surface area contributed by atoms with E-state index in [2.05, 4.69) is 41.8 Å². The van der Waals surface area contributed by atoms with E-state index in [1.54, 1.807) is 0 Å². The van der Waals surface area contributed by atoms with Gasteiger partial charge in [-0.2, -0.15) is 5.10 Å². The second-order valence-electron chi connectivity index (χ2n) is 6.18. The normalized spacial score (nSPS) is 28.0. The fraction of sp³-hybridized carbons (Fsp3) is 0.800. The first-order chi connectivity index (χ1) is 8.98. The van der Waals surface area contributed by atoms with Crippen LogP contribution in [0.25, 0.3) is 0 Å². The van der Waals surface area contributed by atoms with Gasteiger partial charge in [-0.15, -0.1) is 0 Å². The van der Waals surface area contributed by atoms with Crippen LogP contribution in [0.4, 0.5) is 0 Å². The largest absolute Gasteiger partial charge is 0.384 e. The summed E-state index contributed by atoms with van der Waals surface area (Å²) in [6.07, 6.45) is 6.77. The van der Waals surface area contributed by atoms with Gasteiger partial charge in [0.15, 0.2) is 0 Å². The molecule has 1 aliphatic carbocycles. The third-order valence-electron chi connectivity index (χ3n) is 4.47. The van der Waals surface area contributed by atoms with Gasteiger partial charge in [0.25, 0.3) is 0 Å². The molecule has 0 saturated heterocycles. The molecule has 0 amide bonds. The van der Waals surface area contributed by atoms with Crippen molar-refractivity contribution in [3.63, 3.8) is 0 Å². The highest BCUT2D eigenvalue weighted by Crippen LogP contribution is 2.43. The maximum absolute atomic E-state index is 11.0. The SMILES string of the molecule is CCCn1ncc(Br)c1C1(O)CCC(C(C)C)CC1. The van der Waals surface area contributed by atoms with Gasteiger partial charge in [-0.1, -0.05) is 20.8 Å². The molecule has 1 saturated carbocycles. The van der Waals surface area contributed by atoms with Crippen LogP contribution in [0, 0.1) is 11.8 Å². The lowest BCUT2D eigenvalue weighted by Crippen LogP contribution is -2.35. The van der Waals surface area contributed by atoms with Gasteiger partial charge in [0, 0.05) is 6.54 Å². The average Bonchev–Trinajstić information content (AvgIpc) is 2.72. The summed E-state index contributed by atoms with van der Waals surface area (Å²) in [6.45, 7) is 7.58. The number of aromatic nitrogens is 2. The number of halogens is 1. The average molecular weight is 329 g/mol. The monoisotopic (exact) mass is 328 g/mol. The van der Waals surface area contributed by atoms with Gasteiger partial charge in [-0.25, -0.2) is 0 Å². The molecule has 108 valence electrons. The van der Waals surface area contributed by atoms with Crippen LogP contribution in [0.15, 0.2) is 10.7 Å². The summed E-state index contributed by atoms with van der Waals surface area (Å²) in [5, 5.41) is 15.4. The molecule has 4 heteroatoms. The van der Waals surface area contributed by atoms with E-state index in [1.807, 2.05) is 10.9 Å². The lowest BCUT2D eigenvalue weighted by atomic mass is 9.73. The first-order valence-corrected chi connectivity index (χ1v) is 8.21. The summed E-state index contributed by atoms with van der Waals surface area (Å²) >= 11 is 3.56. The number of hydrogen-bond acceptors (Lipinski definition) is 2. The molecule has 0 spiro atoms. The van der Waals surface area contributed by atoms with Crippen LogP contribution in [0.3, 0.4) is 0 Å². The summed E-state index contributed by atoms with van der Waals surface area (Å²) < 4.78 is 2.92. The van der Waals surface area contributed by atoms with Crippen molar-refractivity contribution < 1.29 is 5.11 Å². The van der Waals surface area contributed by atoms with Crippen LogP contribution in [-0.2, 0) is 12.1 Å². The highest BCUT2D eigenvalue weighted by Gasteiger charge is 2.39. The molecule has 0 radical (unpaired) electrons. The smallest absolute Gasteiger partial charge is 0.107 e. The van der Waals surface area contributed by atoms with Crippen LogP contribution < -0.4 is 0 Å². The summed E-state index contributed by atoms with van der Waals surface area (Å²) in [6, 6.07) is 0. The summed E-state index contributed by atoms with van der Waals surface area (Å²) in [7, 11) is 0. The zero-order chi connectivity index (χ0) is 14.0. The van der Waals surface area contributed by atoms with Crippen LogP contribution in [0.2, 0.25) is 0 Å². The Balaban J connectivity index is 2.19. The predicted molar refractivity (Wildman–Crippen MR) is 80.9 cm³/mol. The summed E-state index contributed by atoms with van der Waals surface area (Å²) in [5.41, 5.74) is 0.284. The van der Waals surface area contributed by atoms with Crippen molar-refractivity contribution in [2.45, 2.75) is 65.0 Å². The van der Waals surface area contributed by atoms with Crippen LogP contribution >= 0.6 is 15.9 Å². The third-order valence-corrected chi connectivity index (χ3v) is 5.05. The van der Waals surface area contributed by atoms with Crippen molar-refractivity contribution in [3.8, 4) is 0 Å². The second kappa shape index (κ2) is 5.96. The van der Waals surface area contributed by atoms with Crippen LogP contribution in [-0.4, -0.2) is 14.9 Å². The molecule has 1 heterocycles. The van der Waals surface area contributed by atoms with Gasteiger partial charge in [0.05, 0.1) is 16.4 Å². The van der Waals surface area contributed by atoms with E-state index in [1.165, 1.54) is 0 Å². The number of rotatable bonds is 4. The van der Waals surface area contributed by atoms with Crippen LogP contribution in [0.5, 0.6) is 0 Å². The molecule has 3 nitrogen and oxygen atoms in total. The molecule has 1 fully saturated rings. The highest BCUT2D eigenvalue weighted by molar-refractivity contribution is 9.10. The fourth-order valence-corrected chi connectivity index (χ4v) is 3.89. The Labute approximate surface area is 124 Å². The standard InChI is InChI=1S/C15H25BrN2O/c1-4-9-18-14(13(16)10-17-18)15(19)7-5-12(6-8-15)11(2)3/h10-12,19H,4-9H2,1-3H3. The summed E-state index contributed by atoms with van der Waals surface area (Å²) in [4.78, 5) is 0. The van der Waals surface area contributed by atoms with Crippen molar-refractivity contribution in [1.29, 1.82) is 0 Å². The molecule has 1 aromatic rings. The van der Waals surface area contributed by atoms with Gasteiger partial charge in [0.1, 0.15) is 5.60 Å². The van der Waals surface area contributed by atoms with Gasteiger partial charge in [-0.05, 0) is 59.9 Å². The molecule has 19 heavy (non-hydrogen) atoms. The van der Waals surface area contributed by atoms with E-state index in [-0.39, 0.29) is 0 Å². The topological polar surface area (TPSA) is 38.0 Å². The Morgan fingerprint density at radius 2 is 2.11 bits per heavy atom. The van der Waals surface area contributed by atoms with Crippen LogP contribution in [0.1, 0.15) is 58.6 Å². The third kappa shape index (κ3) is 3.05. The zero-order valence-corrected chi connectivity index (χ0v) is 13.8. The summed E-state index contributed by atoms with van der Waals surface area (Å²) in [5.74, 6) is 1.47. The Morgan fingerprint density at radius 3 is 2.63 bits per heavy atom. The minimum atomic E-state index is -0.699. The molecule has 0 aromatic carbocycles. The predicted octanol–water partition coefficient (Wildman–Crippen LogP) is 4.09. The molecule has 2 rings (SSSR count). The molecule has 0 bridgehead atoms. The van der Waals surface area contributed by atoms with E-state index < -0.39 is 5.60 Å². The first-order valence-electron chi connectivity index (χ1n) is 7.42. The second-order valence-corrected chi connectivity index (χ2v) is 7.03. The van der Waals surface area contributed by atoms with Gasteiger partial charge >= 0.3 is 0 Å². The Bertz CT molecular complexity index is 420. The van der Waals surface area contributed by atoms with Gasteiger partial charge < -0.3 is 5.11 Å². The molecule has 1 N–H and O–H groups in total. The Morgan fingerprint density at radius 1 is 1.47 bits per heavy atom. The van der Waals surface area contributed by atoms with Gasteiger partial charge in [-0.3, -0.25) is 4.68 Å². The number of nitrogens with zero attached hydrogens (tertiary/aromatic N) is 2. The van der Waals surface area contributed by atoms with Crippen molar-refractivity contribution in [2.24, 2.45) is 11.8 Å². The van der Waals surface area contributed by atoms with E-state index in [9.17, 15) is 5.11 Å². The quantitative estimate of drug-likeness (QED) is 0.903. The number of aryl methyl sites for hydroxylation is 1. The molecule has 1 aliphatic rings. The molecule has 0 atom stereocenters.